The van der Waals surface area contributed by atoms with Crippen molar-refractivity contribution in [3.8, 4) is 11.4 Å². The van der Waals surface area contributed by atoms with Crippen LogP contribution in [0.5, 0.6) is 0 Å². The average Bonchev–Trinajstić information content (AvgIpc) is 3.01. The predicted molar refractivity (Wildman–Crippen MR) is 85.9 cm³/mol. The molecule has 1 aliphatic rings. The molecule has 1 aliphatic heterocycles. The Balaban J connectivity index is 1.73. The third kappa shape index (κ3) is 3.29. The van der Waals surface area contributed by atoms with Crippen LogP contribution in [-0.4, -0.2) is 57.6 Å². The van der Waals surface area contributed by atoms with Gasteiger partial charge in [0.2, 0.25) is 5.91 Å². The van der Waals surface area contributed by atoms with Gasteiger partial charge in [-0.2, -0.15) is 5.10 Å². The minimum Gasteiger partial charge on any atom is -0.366 e. The van der Waals surface area contributed by atoms with Gasteiger partial charge in [-0.25, -0.2) is 9.37 Å². The molecule has 0 bridgehead atoms. The minimum absolute atomic E-state index is 0.0138. The molecule has 0 N–H and O–H groups in total. The molecular formula is C15H17ClFN5O. The number of carbonyl (C=O) groups excluding carboxylic acids is 1. The Bertz CT molecular complexity index is 712. The van der Waals surface area contributed by atoms with E-state index in [0.717, 1.165) is 0 Å². The van der Waals surface area contributed by atoms with Gasteiger partial charge < -0.3 is 9.80 Å². The van der Waals surface area contributed by atoms with Gasteiger partial charge in [0.1, 0.15) is 18.0 Å². The number of nitrogens with zero attached hydrogens (tertiary/aromatic N) is 5. The molecule has 0 spiro atoms. The van der Waals surface area contributed by atoms with E-state index in [2.05, 4.69) is 10.1 Å². The SMILES string of the molecule is Cn1cnc(-c2ccc(N3CCN(C(=O)CCl)CC3)c(F)c2)n1. The molecule has 6 nitrogen and oxygen atoms in total. The van der Waals surface area contributed by atoms with Gasteiger partial charge in [0, 0.05) is 38.8 Å². The number of carbonyl (C=O) groups is 1. The van der Waals surface area contributed by atoms with Crippen LogP contribution in [0.4, 0.5) is 10.1 Å². The van der Waals surface area contributed by atoms with E-state index in [1.54, 1.807) is 29.0 Å². The molecule has 2 heterocycles. The number of anilines is 1. The van der Waals surface area contributed by atoms with Gasteiger partial charge in [-0.3, -0.25) is 9.48 Å². The molecule has 0 radical (unpaired) electrons. The van der Waals surface area contributed by atoms with E-state index in [9.17, 15) is 9.18 Å². The van der Waals surface area contributed by atoms with Crippen molar-refractivity contribution < 1.29 is 9.18 Å². The first-order valence-corrected chi connectivity index (χ1v) is 7.86. The smallest absolute Gasteiger partial charge is 0.237 e. The number of aryl methyl sites for hydroxylation is 1. The number of alkyl halides is 1. The van der Waals surface area contributed by atoms with Crippen LogP contribution in [0.2, 0.25) is 0 Å². The molecule has 0 unspecified atom stereocenters. The van der Waals surface area contributed by atoms with Crippen molar-refractivity contribution in [3.63, 3.8) is 0 Å². The van der Waals surface area contributed by atoms with Gasteiger partial charge in [-0.15, -0.1) is 11.6 Å². The average molecular weight is 338 g/mol. The number of rotatable bonds is 3. The van der Waals surface area contributed by atoms with E-state index in [1.165, 1.54) is 6.07 Å². The lowest BCUT2D eigenvalue weighted by Crippen LogP contribution is -2.49. The van der Waals surface area contributed by atoms with Crippen molar-refractivity contribution in [1.82, 2.24) is 19.7 Å². The first-order chi connectivity index (χ1) is 11.1. The zero-order valence-corrected chi connectivity index (χ0v) is 13.5. The van der Waals surface area contributed by atoms with Crippen molar-refractivity contribution in [1.29, 1.82) is 0 Å². The highest BCUT2D eigenvalue weighted by Crippen LogP contribution is 2.25. The standard InChI is InChI=1S/C15H17ClFN5O/c1-20-10-18-15(19-20)11-2-3-13(12(17)8-11)21-4-6-22(7-5-21)14(23)9-16/h2-3,8,10H,4-7,9H2,1H3. The molecule has 0 atom stereocenters. The first-order valence-electron chi connectivity index (χ1n) is 7.32. The summed E-state index contributed by atoms with van der Waals surface area (Å²) in [6, 6.07) is 4.99. The van der Waals surface area contributed by atoms with Gasteiger partial charge in [0.05, 0.1) is 5.69 Å². The molecule has 1 amide bonds. The molecule has 122 valence electrons. The Morgan fingerprint density at radius 2 is 2.04 bits per heavy atom. The lowest BCUT2D eigenvalue weighted by molar-refractivity contribution is -0.128. The van der Waals surface area contributed by atoms with Crippen molar-refractivity contribution in [3.05, 3.63) is 30.3 Å². The van der Waals surface area contributed by atoms with Gasteiger partial charge >= 0.3 is 0 Å². The summed E-state index contributed by atoms with van der Waals surface area (Å²) in [5.74, 6) is 0.0889. The molecule has 1 aromatic heterocycles. The Hall–Kier alpha value is -2.15. The number of hydrogen-bond acceptors (Lipinski definition) is 4. The third-order valence-corrected chi connectivity index (χ3v) is 4.12. The van der Waals surface area contributed by atoms with Crippen molar-refractivity contribution >= 4 is 23.2 Å². The van der Waals surface area contributed by atoms with Gasteiger partial charge in [0.15, 0.2) is 5.82 Å². The normalized spacial score (nSPS) is 15.1. The summed E-state index contributed by atoms with van der Waals surface area (Å²) in [4.78, 5) is 19.3. The summed E-state index contributed by atoms with van der Waals surface area (Å²) in [5, 5.41) is 4.17. The van der Waals surface area contributed by atoms with Gasteiger partial charge in [-0.05, 0) is 18.2 Å². The highest BCUT2D eigenvalue weighted by Gasteiger charge is 2.22. The molecule has 1 aromatic carbocycles. The molecule has 2 aromatic rings. The zero-order valence-electron chi connectivity index (χ0n) is 12.7. The fourth-order valence-corrected chi connectivity index (χ4v) is 2.82. The maximum absolute atomic E-state index is 14.4. The predicted octanol–water partition coefficient (Wildman–Crippen LogP) is 1.51. The number of halogens is 2. The topological polar surface area (TPSA) is 54.3 Å². The van der Waals surface area contributed by atoms with E-state index >= 15 is 0 Å². The largest absolute Gasteiger partial charge is 0.366 e. The Morgan fingerprint density at radius 3 is 2.61 bits per heavy atom. The Morgan fingerprint density at radius 1 is 1.30 bits per heavy atom. The quantitative estimate of drug-likeness (QED) is 0.797. The summed E-state index contributed by atoms with van der Waals surface area (Å²) in [5.41, 5.74) is 1.17. The van der Waals surface area contributed by atoms with E-state index in [4.69, 9.17) is 11.6 Å². The summed E-state index contributed by atoms with van der Waals surface area (Å²) in [6.45, 7) is 2.27. The second-order valence-electron chi connectivity index (χ2n) is 5.41. The summed E-state index contributed by atoms with van der Waals surface area (Å²) in [6.07, 6.45) is 1.58. The molecular weight excluding hydrogens is 321 g/mol. The maximum atomic E-state index is 14.4. The van der Waals surface area contributed by atoms with Crippen LogP contribution < -0.4 is 4.90 Å². The highest BCUT2D eigenvalue weighted by molar-refractivity contribution is 6.27. The fraction of sp³-hybridized carbons (Fsp3) is 0.400. The second kappa shape index (κ2) is 6.54. The van der Waals surface area contributed by atoms with E-state index in [-0.39, 0.29) is 17.6 Å². The van der Waals surface area contributed by atoms with Crippen LogP contribution in [0.3, 0.4) is 0 Å². The van der Waals surface area contributed by atoms with Gasteiger partial charge in [0.25, 0.3) is 0 Å². The number of amides is 1. The first kappa shape index (κ1) is 15.7. The molecule has 1 saturated heterocycles. The summed E-state index contributed by atoms with van der Waals surface area (Å²) >= 11 is 5.56. The van der Waals surface area contributed by atoms with Gasteiger partial charge in [-0.1, -0.05) is 0 Å². The lowest BCUT2D eigenvalue weighted by atomic mass is 10.1. The minimum atomic E-state index is -0.313. The maximum Gasteiger partial charge on any atom is 0.237 e. The van der Waals surface area contributed by atoms with Crippen LogP contribution in [0.25, 0.3) is 11.4 Å². The second-order valence-corrected chi connectivity index (χ2v) is 5.68. The van der Waals surface area contributed by atoms with E-state index < -0.39 is 0 Å². The van der Waals surface area contributed by atoms with Crippen LogP contribution in [-0.2, 0) is 11.8 Å². The van der Waals surface area contributed by atoms with E-state index in [1.807, 2.05) is 11.0 Å². The molecule has 8 heteroatoms. The van der Waals surface area contributed by atoms with E-state index in [0.29, 0.717) is 43.3 Å². The van der Waals surface area contributed by atoms with Crippen molar-refractivity contribution in [2.45, 2.75) is 0 Å². The van der Waals surface area contributed by atoms with Crippen molar-refractivity contribution in [2.24, 2.45) is 7.05 Å². The Labute approximate surface area is 138 Å². The fourth-order valence-electron chi connectivity index (χ4n) is 2.66. The highest BCUT2D eigenvalue weighted by atomic mass is 35.5. The van der Waals surface area contributed by atoms with Crippen LogP contribution in [0, 0.1) is 5.82 Å². The lowest BCUT2D eigenvalue weighted by Gasteiger charge is -2.36. The number of benzene rings is 1. The molecule has 0 saturated carbocycles. The van der Waals surface area contributed by atoms with Crippen LogP contribution in [0.15, 0.2) is 24.5 Å². The Kier molecular flexibility index (Phi) is 4.47. The summed E-state index contributed by atoms with van der Waals surface area (Å²) < 4.78 is 16.0. The van der Waals surface area contributed by atoms with Crippen molar-refractivity contribution in [2.75, 3.05) is 37.0 Å². The molecule has 23 heavy (non-hydrogen) atoms. The third-order valence-electron chi connectivity index (χ3n) is 3.89. The molecule has 1 fully saturated rings. The molecule has 0 aliphatic carbocycles. The van der Waals surface area contributed by atoms with Crippen LogP contribution >= 0.6 is 11.6 Å². The zero-order chi connectivity index (χ0) is 16.4. The van der Waals surface area contributed by atoms with Crippen LogP contribution in [0.1, 0.15) is 0 Å². The number of aromatic nitrogens is 3. The summed E-state index contributed by atoms with van der Waals surface area (Å²) in [7, 11) is 1.77. The molecule has 3 rings (SSSR count). The number of hydrogen-bond donors (Lipinski definition) is 0. The monoisotopic (exact) mass is 337 g/mol. The number of piperazine rings is 1.